The van der Waals surface area contributed by atoms with Gasteiger partial charge in [-0.05, 0) is 0 Å². The van der Waals surface area contributed by atoms with E-state index in [-0.39, 0.29) is 13.2 Å². The van der Waals surface area contributed by atoms with Crippen molar-refractivity contribution in [2.45, 2.75) is 0 Å². The first-order valence-electron chi connectivity index (χ1n) is 3.32. The van der Waals surface area contributed by atoms with Gasteiger partial charge in [-0.3, -0.25) is 0 Å². The van der Waals surface area contributed by atoms with Gasteiger partial charge in [-0.25, -0.2) is 9.59 Å². The molecule has 0 heterocycles. The van der Waals surface area contributed by atoms with Crippen LogP contribution in [0.4, 0.5) is 9.59 Å². The Hall–Kier alpha value is -1.15. The minimum Gasteiger partial charge on any atom is -0.617 e. The zero-order valence-corrected chi connectivity index (χ0v) is 8.57. The fourth-order valence-corrected chi connectivity index (χ4v) is 0.258. The molecule has 0 unspecified atom stereocenters. The summed E-state index contributed by atoms with van der Waals surface area (Å²) >= 11 is -0.611. The standard InChI is InChI=1S/C4H6O6.C2H6OS/c5-3(6)9-1-2-10-4(7)8;1-4(2)3/h1-2H2,(H,5,6)(H,7,8);1-2H3. The summed E-state index contributed by atoms with van der Waals surface area (Å²) < 4.78 is 17.4. The summed E-state index contributed by atoms with van der Waals surface area (Å²) in [6.45, 7) is -0.552. The molecule has 0 radical (unpaired) electrons. The SMILES string of the molecule is C[S+](C)[O-].O=C(O)OCCOC(=O)O. The van der Waals surface area contributed by atoms with Crippen LogP contribution in [0, 0.1) is 0 Å². The van der Waals surface area contributed by atoms with Crippen molar-refractivity contribution in [3.63, 3.8) is 0 Å². The highest BCUT2D eigenvalue weighted by Crippen LogP contribution is 1.79. The second kappa shape index (κ2) is 9.93. The van der Waals surface area contributed by atoms with E-state index >= 15 is 0 Å². The zero-order chi connectivity index (χ0) is 11.6. The van der Waals surface area contributed by atoms with E-state index in [0.717, 1.165) is 0 Å². The highest BCUT2D eigenvalue weighted by atomic mass is 32.2. The van der Waals surface area contributed by atoms with Gasteiger partial charge in [0.15, 0.2) is 0 Å². The molecular weight excluding hydrogens is 216 g/mol. The van der Waals surface area contributed by atoms with Crippen LogP contribution in [0.5, 0.6) is 0 Å². The second-order valence-electron chi connectivity index (χ2n) is 1.97. The van der Waals surface area contributed by atoms with Crippen LogP contribution in [-0.2, 0) is 20.6 Å². The summed E-state index contributed by atoms with van der Waals surface area (Å²) in [5.74, 6) is 0. The van der Waals surface area contributed by atoms with Gasteiger partial charge in [0.1, 0.15) is 13.2 Å². The maximum absolute atomic E-state index is 9.62. The lowest BCUT2D eigenvalue weighted by atomic mass is 10.8. The summed E-state index contributed by atoms with van der Waals surface area (Å²) in [5.41, 5.74) is 0. The van der Waals surface area contributed by atoms with E-state index in [0.29, 0.717) is 0 Å². The Morgan fingerprint density at radius 1 is 1.14 bits per heavy atom. The summed E-state index contributed by atoms with van der Waals surface area (Å²) in [7, 11) is 0. The van der Waals surface area contributed by atoms with E-state index in [9.17, 15) is 14.1 Å². The molecule has 0 rings (SSSR count). The molecule has 0 aliphatic heterocycles. The second-order valence-corrected chi connectivity index (χ2v) is 3.45. The van der Waals surface area contributed by atoms with Gasteiger partial charge >= 0.3 is 12.3 Å². The molecule has 0 saturated carbocycles. The number of carboxylic acid groups (broad SMARTS) is 2. The van der Waals surface area contributed by atoms with Crippen LogP contribution < -0.4 is 0 Å². The van der Waals surface area contributed by atoms with Crippen molar-refractivity contribution in [1.82, 2.24) is 0 Å². The van der Waals surface area contributed by atoms with Crippen LogP contribution in [-0.4, -0.2) is 52.8 Å². The maximum Gasteiger partial charge on any atom is 0.505 e. The molecular formula is C6H12O7S. The van der Waals surface area contributed by atoms with E-state index in [2.05, 4.69) is 9.47 Å². The molecule has 0 amide bonds. The quantitative estimate of drug-likeness (QED) is 0.407. The molecule has 0 aliphatic carbocycles. The predicted molar refractivity (Wildman–Crippen MR) is 47.9 cm³/mol. The van der Waals surface area contributed by atoms with Gasteiger partial charge in [-0.15, -0.1) is 0 Å². The van der Waals surface area contributed by atoms with E-state index in [1.807, 2.05) is 0 Å². The normalized spacial score (nSPS) is 8.57. The van der Waals surface area contributed by atoms with Crippen molar-refractivity contribution in [2.24, 2.45) is 0 Å². The topological polar surface area (TPSA) is 116 Å². The number of carbonyl (C=O) groups is 2. The summed E-state index contributed by atoms with van der Waals surface area (Å²) in [6, 6.07) is 0. The first-order valence-corrected chi connectivity index (χ1v) is 5.29. The average molecular weight is 228 g/mol. The zero-order valence-electron chi connectivity index (χ0n) is 7.76. The molecule has 0 aromatic heterocycles. The number of ether oxygens (including phenoxy) is 2. The molecule has 0 aromatic carbocycles. The molecule has 8 heteroatoms. The van der Waals surface area contributed by atoms with Crippen LogP contribution >= 0.6 is 0 Å². The Balaban J connectivity index is 0. The third-order valence-electron chi connectivity index (χ3n) is 0.534. The van der Waals surface area contributed by atoms with Gasteiger partial charge in [0.05, 0.1) is 12.5 Å². The molecule has 14 heavy (non-hydrogen) atoms. The minimum atomic E-state index is -1.45. The Morgan fingerprint density at radius 3 is 1.50 bits per heavy atom. The molecule has 0 aliphatic rings. The van der Waals surface area contributed by atoms with Gasteiger partial charge in [-0.2, -0.15) is 0 Å². The number of hydrogen-bond acceptors (Lipinski definition) is 5. The Bertz CT molecular complexity index is 151. The maximum atomic E-state index is 9.62. The minimum absolute atomic E-state index is 0.276. The molecule has 7 nitrogen and oxygen atoms in total. The molecule has 0 aromatic rings. The van der Waals surface area contributed by atoms with Gasteiger partial charge in [-0.1, -0.05) is 11.2 Å². The molecule has 84 valence electrons. The van der Waals surface area contributed by atoms with Crippen molar-refractivity contribution < 1.29 is 33.8 Å². The van der Waals surface area contributed by atoms with Crippen molar-refractivity contribution in [3.8, 4) is 0 Å². The molecule has 2 N–H and O–H groups in total. The van der Waals surface area contributed by atoms with E-state index in [1.54, 1.807) is 12.5 Å². The third kappa shape index (κ3) is 30.8. The van der Waals surface area contributed by atoms with E-state index in [1.165, 1.54) is 0 Å². The highest BCUT2D eigenvalue weighted by molar-refractivity contribution is 7.89. The van der Waals surface area contributed by atoms with Crippen LogP contribution in [0.1, 0.15) is 0 Å². The highest BCUT2D eigenvalue weighted by Gasteiger charge is 1.98. The molecule has 0 spiro atoms. The van der Waals surface area contributed by atoms with Crippen LogP contribution in [0.3, 0.4) is 0 Å². The first kappa shape index (κ1) is 15.3. The lowest BCUT2D eigenvalue weighted by Crippen LogP contribution is -2.10. The fourth-order valence-electron chi connectivity index (χ4n) is 0.258. The summed E-state index contributed by atoms with van der Waals surface area (Å²) in [5, 5.41) is 15.7. The average Bonchev–Trinajstić information content (AvgIpc) is 1.96. The third-order valence-corrected chi connectivity index (χ3v) is 0.534. The Labute approximate surface area is 83.8 Å². The van der Waals surface area contributed by atoms with Crippen LogP contribution in [0.25, 0.3) is 0 Å². The van der Waals surface area contributed by atoms with Crippen molar-refractivity contribution in [3.05, 3.63) is 0 Å². The van der Waals surface area contributed by atoms with E-state index < -0.39 is 23.5 Å². The smallest absolute Gasteiger partial charge is 0.505 e. The first-order chi connectivity index (χ1) is 6.36. The molecule has 0 fully saturated rings. The van der Waals surface area contributed by atoms with Crippen LogP contribution in [0.2, 0.25) is 0 Å². The number of hydrogen-bond donors (Lipinski definition) is 2. The monoisotopic (exact) mass is 228 g/mol. The predicted octanol–water partition coefficient (Wildman–Crippen LogP) is 0.370. The van der Waals surface area contributed by atoms with Crippen molar-refractivity contribution >= 4 is 23.5 Å². The Kier molecular flexibility index (Phi) is 10.9. The van der Waals surface area contributed by atoms with Crippen molar-refractivity contribution in [2.75, 3.05) is 25.7 Å². The summed E-state index contributed by atoms with van der Waals surface area (Å²) in [4.78, 5) is 19.2. The molecule has 0 saturated heterocycles. The largest absolute Gasteiger partial charge is 0.617 e. The fraction of sp³-hybridized carbons (Fsp3) is 0.667. The van der Waals surface area contributed by atoms with Crippen molar-refractivity contribution in [1.29, 1.82) is 0 Å². The molecule has 0 bridgehead atoms. The summed E-state index contributed by atoms with van der Waals surface area (Å²) in [6.07, 6.45) is 0.378. The van der Waals surface area contributed by atoms with Gasteiger partial charge in [0, 0.05) is 0 Å². The van der Waals surface area contributed by atoms with Gasteiger partial charge in [0.25, 0.3) is 0 Å². The number of rotatable bonds is 3. The van der Waals surface area contributed by atoms with Gasteiger partial charge in [0.2, 0.25) is 0 Å². The van der Waals surface area contributed by atoms with Gasteiger partial charge < -0.3 is 24.2 Å². The van der Waals surface area contributed by atoms with E-state index in [4.69, 9.17) is 10.2 Å². The Morgan fingerprint density at radius 2 is 1.36 bits per heavy atom. The lowest BCUT2D eigenvalue weighted by Gasteiger charge is -1.98. The van der Waals surface area contributed by atoms with Crippen LogP contribution in [0.15, 0.2) is 0 Å². The molecule has 0 atom stereocenters. The lowest BCUT2D eigenvalue weighted by molar-refractivity contribution is 0.0472.